The third-order valence-electron chi connectivity index (χ3n) is 2.87. The molecule has 1 amide bonds. The van der Waals surface area contributed by atoms with Gasteiger partial charge in [0.15, 0.2) is 5.65 Å². The maximum absolute atomic E-state index is 12.8. The van der Waals surface area contributed by atoms with Crippen molar-refractivity contribution in [3.8, 4) is 11.6 Å². The predicted octanol–water partition coefficient (Wildman–Crippen LogP) is 2.89. The van der Waals surface area contributed by atoms with E-state index in [2.05, 4.69) is 20.6 Å². The SMILES string of the molecule is CC(=O)Nc1cccc(Oc2ccc3nnc(C(F)(F)F)n3n2)c1. The van der Waals surface area contributed by atoms with Crippen molar-refractivity contribution >= 4 is 17.2 Å². The van der Waals surface area contributed by atoms with Crippen LogP contribution in [0.5, 0.6) is 11.6 Å². The van der Waals surface area contributed by atoms with Crippen molar-refractivity contribution in [2.45, 2.75) is 13.1 Å². The number of carbonyl (C=O) groups is 1. The second-order valence-corrected chi connectivity index (χ2v) is 4.77. The van der Waals surface area contributed by atoms with E-state index in [1.165, 1.54) is 25.1 Å². The fourth-order valence-corrected chi connectivity index (χ4v) is 1.96. The molecule has 1 N–H and O–H groups in total. The monoisotopic (exact) mass is 337 g/mol. The molecule has 0 saturated heterocycles. The van der Waals surface area contributed by atoms with Crippen LogP contribution in [-0.4, -0.2) is 25.7 Å². The molecule has 2 aromatic heterocycles. The molecule has 0 radical (unpaired) electrons. The van der Waals surface area contributed by atoms with Crippen LogP contribution in [0.2, 0.25) is 0 Å². The lowest BCUT2D eigenvalue weighted by molar-refractivity contribution is -0.146. The van der Waals surface area contributed by atoms with Crippen LogP contribution in [0.15, 0.2) is 36.4 Å². The van der Waals surface area contributed by atoms with Crippen molar-refractivity contribution in [2.24, 2.45) is 0 Å². The average molecular weight is 337 g/mol. The molecule has 10 heteroatoms. The summed E-state index contributed by atoms with van der Waals surface area (Å²) in [6.45, 7) is 1.35. The van der Waals surface area contributed by atoms with Crippen molar-refractivity contribution in [2.75, 3.05) is 5.32 Å². The summed E-state index contributed by atoms with van der Waals surface area (Å²) in [6, 6.07) is 9.04. The summed E-state index contributed by atoms with van der Waals surface area (Å²) in [5, 5.41) is 12.8. The van der Waals surface area contributed by atoms with Gasteiger partial charge < -0.3 is 10.1 Å². The minimum Gasteiger partial charge on any atom is -0.438 e. The normalized spacial score (nSPS) is 11.5. The van der Waals surface area contributed by atoms with Gasteiger partial charge in [-0.2, -0.15) is 17.7 Å². The van der Waals surface area contributed by atoms with E-state index in [-0.39, 0.29) is 17.4 Å². The zero-order valence-electron chi connectivity index (χ0n) is 12.2. The average Bonchev–Trinajstić information content (AvgIpc) is 2.90. The van der Waals surface area contributed by atoms with Gasteiger partial charge in [-0.3, -0.25) is 4.79 Å². The van der Waals surface area contributed by atoms with E-state index >= 15 is 0 Å². The number of rotatable bonds is 3. The van der Waals surface area contributed by atoms with Crippen molar-refractivity contribution in [1.29, 1.82) is 0 Å². The number of ether oxygens (including phenoxy) is 1. The fraction of sp³-hybridized carbons (Fsp3) is 0.143. The molecule has 124 valence electrons. The maximum Gasteiger partial charge on any atom is 0.453 e. The van der Waals surface area contributed by atoms with E-state index in [0.29, 0.717) is 16.0 Å². The summed E-state index contributed by atoms with van der Waals surface area (Å²) < 4.78 is 44.5. The molecule has 2 heterocycles. The number of nitrogens with one attached hydrogen (secondary N) is 1. The molecule has 7 nitrogen and oxygen atoms in total. The lowest BCUT2D eigenvalue weighted by atomic mass is 10.3. The van der Waals surface area contributed by atoms with E-state index in [4.69, 9.17) is 4.74 Å². The van der Waals surface area contributed by atoms with E-state index in [1.54, 1.807) is 18.2 Å². The Hall–Kier alpha value is -3.17. The summed E-state index contributed by atoms with van der Waals surface area (Å²) in [7, 11) is 0. The van der Waals surface area contributed by atoms with Gasteiger partial charge in [0.05, 0.1) is 0 Å². The number of hydrogen-bond donors (Lipinski definition) is 1. The minimum atomic E-state index is -4.68. The molecular formula is C14H10F3N5O2. The van der Waals surface area contributed by atoms with Gasteiger partial charge in [-0.05, 0) is 18.2 Å². The highest BCUT2D eigenvalue weighted by atomic mass is 19.4. The highest BCUT2D eigenvalue weighted by molar-refractivity contribution is 5.88. The van der Waals surface area contributed by atoms with Gasteiger partial charge in [0.25, 0.3) is 5.82 Å². The maximum atomic E-state index is 12.8. The van der Waals surface area contributed by atoms with Crippen LogP contribution in [0.4, 0.5) is 18.9 Å². The molecule has 0 fully saturated rings. The summed E-state index contributed by atoms with van der Waals surface area (Å²) in [5.74, 6) is -1.27. The zero-order chi connectivity index (χ0) is 17.3. The molecule has 0 aliphatic heterocycles. The number of halogens is 3. The van der Waals surface area contributed by atoms with E-state index < -0.39 is 12.0 Å². The molecule has 0 aliphatic carbocycles. The van der Waals surface area contributed by atoms with Crippen LogP contribution in [0, 0.1) is 0 Å². The smallest absolute Gasteiger partial charge is 0.438 e. The minimum absolute atomic E-state index is 0.0540. The Morgan fingerprint density at radius 2 is 2.00 bits per heavy atom. The van der Waals surface area contributed by atoms with Crippen molar-refractivity contribution in [1.82, 2.24) is 19.8 Å². The number of amides is 1. The Morgan fingerprint density at radius 1 is 1.21 bits per heavy atom. The zero-order valence-corrected chi connectivity index (χ0v) is 12.2. The van der Waals surface area contributed by atoms with Crippen LogP contribution in [0.25, 0.3) is 5.65 Å². The topological polar surface area (TPSA) is 81.4 Å². The van der Waals surface area contributed by atoms with Gasteiger partial charge in [0.1, 0.15) is 5.75 Å². The Bertz CT molecular complexity index is 907. The third-order valence-corrected chi connectivity index (χ3v) is 2.87. The number of hydrogen-bond acceptors (Lipinski definition) is 5. The summed E-state index contributed by atoms with van der Waals surface area (Å²) in [4.78, 5) is 11.0. The molecule has 0 bridgehead atoms. The molecular weight excluding hydrogens is 327 g/mol. The number of alkyl halides is 3. The number of fused-ring (bicyclic) bond motifs is 1. The van der Waals surface area contributed by atoms with Crippen molar-refractivity contribution in [3.63, 3.8) is 0 Å². The summed E-state index contributed by atoms with van der Waals surface area (Å²) in [5.41, 5.74) is 0.433. The van der Waals surface area contributed by atoms with E-state index in [9.17, 15) is 18.0 Å². The first-order chi connectivity index (χ1) is 11.3. The Balaban J connectivity index is 1.92. The van der Waals surface area contributed by atoms with Gasteiger partial charge >= 0.3 is 6.18 Å². The Morgan fingerprint density at radius 3 is 2.71 bits per heavy atom. The van der Waals surface area contributed by atoms with Gasteiger partial charge in [0.2, 0.25) is 11.8 Å². The highest BCUT2D eigenvalue weighted by Crippen LogP contribution is 2.28. The molecule has 24 heavy (non-hydrogen) atoms. The fourth-order valence-electron chi connectivity index (χ4n) is 1.96. The number of benzene rings is 1. The summed E-state index contributed by atoms with van der Waals surface area (Å²) >= 11 is 0. The number of nitrogens with zero attached hydrogens (tertiary/aromatic N) is 4. The number of carbonyl (C=O) groups excluding carboxylic acids is 1. The van der Waals surface area contributed by atoms with Crippen LogP contribution < -0.4 is 10.1 Å². The lowest BCUT2D eigenvalue weighted by Gasteiger charge is -2.08. The Labute approximate surface area is 133 Å². The second kappa shape index (κ2) is 5.80. The van der Waals surface area contributed by atoms with Crippen LogP contribution in [0.1, 0.15) is 12.7 Å². The first-order valence-corrected chi connectivity index (χ1v) is 6.68. The van der Waals surface area contributed by atoms with Gasteiger partial charge in [-0.1, -0.05) is 6.07 Å². The molecule has 3 rings (SSSR count). The molecule has 3 aromatic rings. The predicted molar refractivity (Wildman–Crippen MR) is 76.6 cm³/mol. The second-order valence-electron chi connectivity index (χ2n) is 4.77. The Kier molecular flexibility index (Phi) is 3.80. The van der Waals surface area contributed by atoms with E-state index in [1.807, 2.05) is 0 Å². The lowest BCUT2D eigenvalue weighted by Crippen LogP contribution is -2.12. The molecule has 0 spiro atoms. The third kappa shape index (κ3) is 3.26. The first kappa shape index (κ1) is 15.7. The van der Waals surface area contributed by atoms with Crippen LogP contribution >= 0.6 is 0 Å². The van der Waals surface area contributed by atoms with Crippen LogP contribution in [-0.2, 0) is 11.0 Å². The molecule has 1 aromatic carbocycles. The quantitative estimate of drug-likeness (QED) is 0.795. The number of aromatic nitrogens is 4. The van der Waals surface area contributed by atoms with E-state index in [0.717, 1.165) is 0 Å². The van der Waals surface area contributed by atoms with Crippen molar-refractivity contribution < 1.29 is 22.7 Å². The van der Waals surface area contributed by atoms with Gasteiger partial charge in [0, 0.05) is 24.7 Å². The van der Waals surface area contributed by atoms with Gasteiger partial charge in [-0.25, -0.2) is 0 Å². The van der Waals surface area contributed by atoms with Crippen molar-refractivity contribution in [3.05, 3.63) is 42.2 Å². The molecule has 0 saturated carbocycles. The molecule has 0 unspecified atom stereocenters. The van der Waals surface area contributed by atoms with Gasteiger partial charge in [-0.15, -0.1) is 15.3 Å². The first-order valence-electron chi connectivity index (χ1n) is 6.68. The van der Waals surface area contributed by atoms with Crippen LogP contribution in [0.3, 0.4) is 0 Å². The largest absolute Gasteiger partial charge is 0.453 e. The number of anilines is 1. The standard InChI is InChI=1S/C14H10F3N5O2/c1-8(23)18-9-3-2-4-10(7-9)24-12-6-5-11-19-20-13(14(15,16)17)22(11)21-12/h2-7H,1H3,(H,18,23). The molecule has 0 aliphatic rings. The highest BCUT2D eigenvalue weighted by Gasteiger charge is 2.37. The summed E-state index contributed by atoms with van der Waals surface area (Å²) in [6.07, 6.45) is -4.68. The molecule has 0 atom stereocenters.